The molecule has 0 radical (unpaired) electrons. The first-order chi connectivity index (χ1) is 11.0. The standard InChI is InChI=1S/C14H12ClN5O3/c1-7-3-8(13(21)22)10(23-2)4-9(7)18-12-5-11(15)19-14-16-6-17-20(12)14/h3-6,18H,1-2H3,(H,21,22). The number of carboxylic acid groups (broad SMARTS) is 1. The van der Waals surface area contributed by atoms with Gasteiger partial charge < -0.3 is 15.2 Å². The van der Waals surface area contributed by atoms with Crippen LogP contribution < -0.4 is 10.1 Å². The highest BCUT2D eigenvalue weighted by molar-refractivity contribution is 6.29. The molecule has 9 heteroatoms. The molecular weight excluding hydrogens is 322 g/mol. The number of ether oxygens (including phenoxy) is 1. The SMILES string of the molecule is COc1cc(Nc2cc(Cl)nc3ncnn23)c(C)cc1C(=O)O. The van der Waals surface area contributed by atoms with Crippen LogP contribution in [0.3, 0.4) is 0 Å². The van der Waals surface area contributed by atoms with Gasteiger partial charge in [-0.3, -0.25) is 0 Å². The van der Waals surface area contributed by atoms with Crippen molar-refractivity contribution in [3.63, 3.8) is 0 Å². The van der Waals surface area contributed by atoms with Crippen LogP contribution in [0.25, 0.3) is 5.78 Å². The van der Waals surface area contributed by atoms with Crippen molar-refractivity contribution >= 4 is 34.9 Å². The van der Waals surface area contributed by atoms with Gasteiger partial charge in [-0.1, -0.05) is 11.6 Å². The molecule has 0 atom stereocenters. The molecule has 0 amide bonds. The van der Waals surface area contributed by atoms with E-state index in [9.17, 15) is 9.90 Å². The van der Waals surface area contributed by atoms with Crippen LogP contribution >= 0.6 is 11.6 Å². The average molecular weight is 334 g/mol. The van der Waals surface area contributed by atoms with Crippen LogP contribution in [0.2, 0.25) is 5.15 Å². The van der Waals surface area contributed by atoms with Crippen molar-refractivity contribution in [2.75, 3.05) is 12.4 Å². The van der Waals surface area contributed by atoms with Gasteiger partial charge >= 0.3 is 5.97 Å². The summed E-state index contributed by atoms with van der Waals surface area (Å²) in [6, 6.07) is 4.74. The van der Waals surface area contributed by atoms with E-state index in [2.05, 4.69) is 20.4 Å². The van der Waals surface area contributed by atoms with Crippen molar-refractivity contribution < 1.29 is 14.6 Å². The van der Waals surface area contributed by atoms with Crippen LogP contribution in [0, 0.1) is 6.92 Å². The molecule has 1 aromatic carbocycles. The number of anilines is 2. The molecule has 2 aromatic heterocycles. The van der Waals surface area contributed by atoms with Crippen LogP contribution in [-0.4, -0.2) is 37.8 Å². The number of benzene rings is 1. The lowest BCUT2D eigenvalue weighted by Crippen LogP contribution is -2.06. The van der Waals surface area contributed by atoms with Gasteiger partial charge in [0.15, 0.2) is 0 Å². The second-order valence-electron chi connectivity index (χ2n) is 4.73. The van der Waals surface area contributed by atoms with Crippen LogP contribution in [0.15, 0.2) is 24.5 Å². The Kier molecular flexibility index (Phi) is 3.75. The van der Waals surface area contributed by atoms with E-state index in [1.807, 2.05) is 0 Å². The van der Waals surface area contributed by atoms with E-state index < -0.39 is 5.97 Å². The smallest absolute Gasteiger partial charge is 0.339 e. The number of fused-ring (bicyclic) bond motifs is 1. The topological polar surface area (TPSA) is 102 Å². The zero-order valence-electron chi connectivity index (χ0n) is 12.2. The number of carboxylic acids is 1. The maximum absolute atomic E-state index is 11.2. The Bertz CT molecular complexity index is 909. The molecule has 0 saturated heterocycles. The summed E-state index contributed by atoms with van der Waals surface area (Å²) in [5, 5.41) is 16.7. The average Bonchev–Trinajstić information content (AvgIpc) is 2.96. The molecule has 0 aliphatic carbocycles. The van der Waals surface area contributed by atoms with Crippen LogP contribution in [0.1, 0.15) is 15.9 Å². The maximum Gasteiger partial charge on any atom is 0.339 e. The highest BCUT2D eigenvalue weighted by Crippen LogP contribution is 2.29. The van der Waals surface area contributed by atoms with Crippen molar-refractivity contribution in [2.45, 2.75) is 6.92 Å². The van der Waals surface area contributed by atoms with Gasteiger partial charge in [-0.05, 0) is 18.6 Å². The summed E-state index contributed by atoms with van der Waals surface area (Å²) in [5.74, 6) is 0.0974. The van der Waals surface area contributed by atoms with E-state index in [1.54, 1.807) is 19.1 Å². The molecule has 0 bridgehead atoms. The zero-order valence-corrected chi connectivity index (χ0v) is 13.0. The van der Waals surface area contributed by atoms with Crippen molar-refractivity contribution in [1.29, 1.82) is 0 Å². The number of aryl methyl sites for hydroxylation is 1. The predicted octanol–water partition coefficient (Wildman–Crippen LogP) is 2.54. The first kappa shape index (κ1) is 15.0. The van der Waals surface area contributed by atoms with Crippen molar-refractivity contribution in [1.82, 2.24) is 19.6 Å². The molecule has 2 N–H and O–H groups in total. The van der Waals surface area contributed by atoms with Crippen LogP contribution in [0.5, 0.6) is 5.75 Å². The van der Waals surface area contributed by atoms with Crippen molar-refractivity contribution in [3.8, 4) is 5.75 Å². The largest absolute Gasteiger partial charge is 0.496 e. The summed E-state index contributed by atoms with van der Waals surface area (Å²) >= 11 is 5.98. The van der Waals surface area contributed by atoms with Crippen molar-refractivity contribution in [3.05, 3.63) is 40.8 Å². The lowest BCUT2D eigenvalue weighted by molar-refractivity contribution is 0.0693. The monoisotopic (exact) mass is 333 g/mol. The second kappa shape index (κ2) is 5.73. The number of hydrogen-bond acceptors (Lipinski definition) is 6. The summed E-state index contributed by atoms with van der Waals surface area (Å²) in [6.45, 7) is 1.79. The normalized spacial score (nSPS) is 10.7. The number of aromatic carboxylic acids is 1. The summed E-state index contributed by atoms with van der Waals surface area (Å²) < 4.78 is 6.63. The van der Waals surface area contributed by atoms with E-state index in [-0.39, 0.29) is 16.5 Å². The van der Waals surface area contributed by atoms with Gasteiger partial charge in [0.05, 0.1) is 7.11 Å². The Morgan fingerprint density at radius 1 is 1.39 bits per heavy atom. The lowest BCUT2D eigenvalue weighted by Gasteiger charge is -2.14. The summed E-state index contributed by atoms with van der Waals surface area (Å²) in [4.78, 5) is 19.3. The fraction of sp³-hybridized carbons (Fsp3) is 0.143. The van der Waals surface area contributed by atoms with Crippen molar-refractivity contribution in [2.24, 2.45) is 0 Å². The molecule has 2 heterocycles. The van der Waals surface area contributed by atoms with Gasteiger partial charge in [0.2, 0.25) is 0 Å². The number of aromatic nitrogens is 4. The lowest BCUT2D eigenvalue weighted by atomic mass is 10.1. The molecule has 8 nitrogen and oxygen atoms in total. The van der Waals surface area contributed by atoms with Gasteiger partial charge in [0, 0.05) is 17.8 Å². The molecule has 0 fully saturated rings. The number of nitrogens with one attached hydrogen (secondary N) is 1. The predicted molar refractivity (Wildman–Crippen MR) is 83.8 cm³/mol. The minimum absolute atomic E-state index is 0.0919. The van der Waals surface area contributed by atoms with E-state index in [0.29, 0.717) is 17.3 Å². The Hall–Kier alpha value is -2.87. The second-order valence-corrected chi connectivity index (χ2v) is 5.12. The quantitative estimate of drug-likeness (QED) is 0.707. The Morgan fingerprint density at radius 2 is 2.17 bits per heavy atom. The summed E-state index contributed by atoms with van der Waals surface area (Å²) in [5.41, 5.74) is 1.48. The number of halogens is 1. The van der Waals surface area contributed by atoms with Gasteiger partial charge in [0.25, 0.3) is 5.78 Å². The third-order valence-electron chi connectivity index (χ3n) is 3.26. The third kappa shape index (κ3) is 2.76. The number of hydrogen-bond donors (Lipinski definition) is 2. The minimum Gasteiger partial charge on any atom is -0.496 e. The molecule has 118 valence electrons. The minimum atomic E-state index is -1.05. The Balaban J connectivity index is 2.08. The van der Waals surface area contributed by atoms with Gasteiger partial charge in [-0.15, -0.1) is 0 Å². The molecular formula is C14H12ClN5O3. The molecule has 0 unspecified atom stereocenters. The van der Waals surface area contributed by atoms with Gasteiger partial charge in [-0.2, -0.15) is 19.6 Å². The van der Waals surface area contributed by atoms with E-state index in [1.165, 1.54) is 24.0 Å². The highest BCUT2D eigenvalue weighted by Gasteiger charge is 2.15. The summed E-state index contributed by atoms with van der Waals surface area (Å²) in [7, 11) is 1.42. The Morgan fingerprint density at radius 3 is 2.87 bits per heavy atom. The first-order valence-electron chi connectivity index (χ1n) is 6.55. The summed E-state index contributed by atoms with van der Waals surface area (Å²) in [6.07, 6.45) is 1.37. The van der Waals surface area contributed by atoms with E-state index in [4.69, 9.17) is 16.3 Å². The molecule has 3 rings (SSSR count). The third-order valence-corrected chi connectivity index (χ3v) is 3.45. The van der Waals surface area contributed by atoms with E-state index >= 15 is 0 Å². The molecule has 0 saturated carbocycles. The van der Waals surface area contributed by atoms with Crippen LogP contribution in [0.4, 0.5) is 11.5 Å². The fourth-order valence-electron chi connectivity index (χ4n) is 2.17. The molecule has 23 heavy (non-hydrogen) atoms. The van der Waals surface area contributed by atoms with Crippen LogP contribution in [-0.2, 0) is 0 Å². The number of methoxy groups -OCH3 is 1. The maximum atomic E-state index is 11.2. The Labute approximate surface area is 135 Å². The molecule has 3 aromatic rings. The van der Waals surface area contributed by atoms with Gasteiger partial charge in [-0.25, -0.2) is 4.79 Å². The first-order valence-corrected chi connectivity index (χ1v) is 6.92. The zero-order chi connectivity index (χ0) is 16.6. The molecule has 0 aliphatic heterocycles. The molecule has 0 aliphatic rings. The number of rotatable bonds is 4. The molecule has 0 spiro atoms. The van der Waals surface area contributed by atoms with E-state index in [0.717, 1.165) is 5.56 Å². The number of carbonyl (C=O) groups is 1. The highest BCUT2D eigenvalue weighted by atomic mass is 35.5. The van der Waals surface area contributed by atoms with Gasteiger partial charge in [0.1, 0.15) is 28.6 Å². The fourth-order valence-corrected chi connectivity index (χ4v) is 2.35. The number of nitrogens with zero attached hydrogens (tertiary/aromatic N) is 4.